The smallest absolute Gasteiger partial charge is 0.272 e. The Morgan fingerprint density at radius 3 is 2.89 bits per heavy atom. The summed E-state index contributed by atoms with van der Waals surface area (Å²) >= 11 is 1.93. The van der Waals surface area contributed by atoms with E-state index >= 15 is 0 Å². The highest BCUT2D eigenvalue weighted by molar-refractivity contribution is 7.99. The Morgan fingerprint density at radius 2 is 2.26 bits per heavy atom. The van der Waals surface area contributed by atoms with E-state index < -0.39 is 0 Å². The van der Waals surface area contributed by atoms with Gasteiger partial charge in [0.25, 0.3) is 5.91 Å². The SMILES string of the molecule is CCSC1CCCC1NC(=O)c1ccc(NC)nn1. The van der Waals surface area contributed by atoms with E-state index in [1.165, 1.54) is 12.8 Å². The van der Waals surface area contributed by atoms with Gasteiger partial charge in [0, 0.05) is 18.3 Å². The lowest BCUT2D eigenvalue weighted by Gasteiger charge is -2.19. The molecule has 6 heteroatoms. The maximum Gasteiger partial charge on any atom is 0.272 e. The molecular weight excluding hydrogens is 260 g/mol. The highest BCUT2D eigenvalue weighted by Crippen LogP contribution is 2.29. The fourth-order valence-corrected chi connectivity index (χ4v) is 3.53. The van der Waals surface area contributed by atoms with Gasteiger partial charge in [0.05, 0.1) is 0 Å². The fourth-order valence-electron chi connectivity index (χ4n) is 2.33. The van der Waals surface area contributed by atoms with Crippen LogP contribution in [-0.4, -0.2) is 40.2 Å². The molecule has 104 valence electrons. The van der Waals surface area contributed by atoms with Gasteiger partial charge >= 0.3 is 0 Å². The van der Waals surface area contributed by atoms with Gasteiger partial charge in [0.2, 0.25) is 0 Å². The van der Waals surface area contributed by atoms with Crippen LogP contribution in [0, 0.1) is 0 Å². The number of anilines is 1. The van der Waals surface area contributed by atoms with Gasteiger partial charge < -0.3 is 10.6 Å². The lowest BCUT2D eigenvalue weighted by atomic mass is 10.2. The van der Waals surface area contributed by atoms with Crippen LogP contribution in [0.25, 0.3) is 0 Å². The highest BCUT2D eigenvalue weighted by atomic mass is 32.2. The van der Waals surface area contributed by atoms with Crippen LogP contribution in [0.2, 0.25) is 0 Å². The minimum absolute atomic E-state index is 0.122. The third-order valence-corrected chi connectivity index (χ3v) is 4.63. The van der Waals surface area contributed by atoms with E-state index in [0.717, 1.165) is 12.2 Å². The Labute approximate surface area is 118 Å². The maximum atomic E-state index is 12.1. The zero-order chi connectivity index (χ0) is 13.7. The first kappa shape index (κ1) is 14.1. The Kier molecular flexibility index (Phi) is 5.01. The summed E-state index contributed by atoms with van der Waals surface area (Å²) < 4.78 is 0. The van der Waals surface area contributed by atoms with Crippen molar-refractivity contribution in [1.82, 2.24) is 15.5 Å². The molecule has 0 aromatic carbocycles. The lowest BCUT2D eigenvalue weighted by Crippen LogP contribution is -2.39. The van der Waals surface area contributed by atoms with Crippen molar-refractivity contribution in [2.75, 3.05) is 18.1 Å². The van der Waals surface area contributed by atoms with Crippen LogP contribution in [0.3, 0.4) is 0 Å². The summed E-state index contributed by atoms with van der Waals surface area (Å²) in [6.07, 6.45) is 3.44. The minimum atomic E-state index is -0.122. The normalized spacial score (nSPS) is 22.2. The highest BCUT2D eigenvalue weighted by Gasteiger charge is 2.28. The average molecular weight is 280 g/mol. The third-order valence-electron chi connectivity index (χ3n) is 3.30. The van der Waals surface area contributed by atoms with Gasteiger partial charge in [-0.05, 0) is 30.7 Å². The largest absolute Gasteiger partial charge is 0.372 e. The molecule has 2 atom stereocenters. The number of carbonyl (C=O) groups is 1. The van der Waals surface area contributed by atoms with E-state index in [4.69, 9.17) is 0 Å². The zero-order valence-corrected chi connectivity index (χ0v) is 12.2. The monoisotopic (exact) mass is 280 g/mol. The lowest BCUT2D eigenvalue weighted by molar-refractivity contribution is 0.0932. The van der Waals surface area contributed by atoms with Crippen molar-refractivity contribution in [3.63, 3.8) is 0 Å². The summed E-state index contributed by atoms with van der Waals surface area (Å²) in [5.41, 5.74) is 0.381. The number of nitrogens with one attached hydrogen (secondary N) is 2. The van der Waals surface area contributed by atoms with Crippen LogP contribution in [0.4, 0.5) is 5.82 Å². The molecule has 1 aromatic heterocycles. The van der Waals surface area contributed by atoms with E-state index in [0.29, 0.717) is 16.8 Å². The number of hydrogen-bond acceptors (Lipinski definition) is 5. The molecule has 0 saturated heterocycles. The van der Waals surface area contributed by atoms with Crippen molar-refractivity contribution in [2.24, 2.45) is 0 Å². The molecule has 1 aromatic rings. The minimum Gasteiger partial charge on any atom is -0.372 e. The molecule has 1 amide bonds. The van der Waals surface area contributed by atoms with E-state index in [1.54, 1.807) is 19.2 Å². The van der Waals surface area contributed by atoms with Crippen LogP contribution in [-0.2, 0) is 0 Å². The summed E-state index contributed by atoms with van der Waals surface area (Å²) in [6, 6.07) is 3.73. The Bertz CT molecular complexity index is 423. The number of aromatic nitrogens is 2. The fraction of sp³-hybridized carbons (Fsp3) is 0.615. The molecule has 0 bridgehead atoms. The van der Waals surface area contributed by atoms with Crippen molar-refractivity contribution >= 4 is 23.5 Å². The molecule has 0 aliphatic heterocycles. The van der Waals surface area contributed by atoms with Gasteiger partial charge in [0.1, 0.15) is 5.82 Å². The number of thioether (sulfide) groups is 1. The van der Waals surface area contributed by atoms with Gasteiger partial charge in [-0.15, -0.1) is 10.2 Å². The first-order valence-electron chi connectivity index (χ1n) is 6.68. The van der Waals surface area contributed by atoms with Gasteiger partial charge in [-0.2, -0.15) is 11.8 Å². The molecule has 1 heterocycles. The number of hydrogen-bond donors (Lipinski definition) is 2. The molecule has 19 heavy (non-hydrogen) atoms. The van der Waals surface area contributed by atoms with Crippen LogP contribution in [0.1, 0.15) is 36.7 Å². The second kappa shape index (κ2) is 6.75. The second-order valence-corrected chi connectivity index (χ2v) is 6.07. The Hall–Kier alpha value is -1.30. The van der Waals surface area contributed by atoms with Crippen LogP contribution in [0.15, 0.2) is 12.1 Å². The van der Waals surface area contributed by atoms with Gasteiger partial charge in [-0.25, -0.2) is 0 Å². The number of carbonyl (C=O) groups excluding carboxylic acids is 1. The van der Waals surface area contributed by atoms with E-state index in [1.807, 2.05) is 11.8 Å². The first-order valence-corrected chi connectivity index (χ1v) is 7.73. The molecular formula is C13H20N4OS. The van der Waals surface area contributed by atoms with E-state index in [-0.39, 0.29) is 11.9 Å². The standard InChI is InChI=1S/C13H20N4OS/c1-3-19-11-6-4-5-9(11)15-13(18)10-7-8-12(14-2)17-16-10/h7-9,11H,3-6H2,1-2H3,(H,14,17)(H,15,18). The zero-order valence-electron chi connectivity index (χ0n) is 11.3. The Balaban J connectivity index is 1.95. The average Bonchev–Trinajstić information content (AvgIpc) is 2.86. The predicted octanol–water partition coefficient (Wildman–Crippen LogP) is 1.92. The van der Waals surface area contributed by atoms with Crippen molar-refractivity contribution in [1.29, 1.82) is 0 Å². The topological polar surface area (TPSA) is 66.9 Å². The number of rotatable bonds is 5. The summed E-state index contributed by atoms with van der Waals surface area (Å²) in [5, 5.41) is 14.4. The quantitative estimate of drug-likeness (QED) is 0.862. The molecule has 0 spiro atoms. The number of nitrogens with zero attached hydrogens (tertiary/aromatic N) is 2. The predicted molar refractivity (Wildman–Crippen MR) is 78.6 cm³/mol. The molecule has 1 saturated carbocycles. The Morgan fingerprint density at radius 1 is 1.42 bits per heavy atom. The molecule has 2 unspecified atom stereocenters. The second-order valence-electron chi connectivity index (χ2n) is 4.56. The molecule has 1 aliphatic carbocycles. The van der Waals surface area contributed by atoms with Crippen LogP contribution >= 0.6 is 11.8 Å². The third kappa shape index (κ3) is 3.59. The van der Waals surface area contributed by atoms with Gasteiger partial charge in [-0.1, -0.05) is 13.3 Å². The van der Waals surface area contributed by atoms with Crippen molar-refractivity contribution in [3.8, 4) is 0 Å². The summed E-state index contributed by atoms with van der Waals surface area (Å²) in [7, 11) is 1.77. The first-order chi connectivity index (χ1) is 9.24. The van der Waals surface area contributed by atoms with Crippen LogP contribution in [0.5, 0.6) is 0 Å². The van der Waals surface area contributed by atoms with Gasteiger partial charge in [-0.3, -0.25) is 4.79 Å². The molecule has 0 radical (unpaired) electrons. The van der Waals surface area contributed by atoms with Gasteiger partial charge in [0.15, 0.2) is 5.69 Å². The van der Waals surface area contributed by atoms with Crippen molar-refractivity contribution < 1.29 is 4.79 Å². The molecule has 5 nitrogen and oxygen atoms in total. The van der Waals surface area contributed by atoms with E-state index in [2.05, 4.69) is 27.8 Å². The summed E-state index contributed by atoms with van der Waals surface area (Å²) in [6.45, 7) is 2.16. The molecule has 2 rings (SSSR count). The maximum absolute atomic E-state index is 12.1. The van der Waals surface area contributed by atoms with E-state index in [9.17, 15) is 4.79 Å². The van der Waals surface area contributed by atoms with Crippen molar-refractivity contribution in [3.05, 3.63) is 17.8 Å². The molecule has 2 N–H and O–H groups in total. The molecule has 1 fully saturated rings. The van der Waals surface area contributed by atoms with Crippen LogP contribution < -0.4 is 10.6 Å². The number of amides is 1. The molecule has 1 aliphatic rings. The summed E-state index contributed by atoms with van der Waals surface area (Å²) in [5.74, 6) is 1.63. The van der Waals surface area contributed by atoms with Crippen molar-refractivity contribution in [2.45, 2.75) is 37.5 Å². The summed E-state index contributed by atoms with van der Waals surface area (Å²) in [4.78, 5) is 12.1.